The number of carbonyl (C=O) groups excluding carboxylic acids is 2. The van der Waals surface area contributed by atoms with Crippen molar-refractivity contribution in [2.75, 3.05) is 6.61 Å². The third-order valence-electron chi connectivity index (χ3n) is 4.67. The van der Waals surface area contributed by atoms with Crippen molar-refractivity contribution in [2.45, 2.75) is 50.2 Å². The molecule has 178 valence electrons. The van der Waals surface area contributed by atoms with Crippen molar-refractivity contribution in [3.8, 4) is 0 Å². The minimum atomic E-state index is -4.21. The molecule has 33 heavy (non-hydrogen) atoms. The number of rotatable bonds is 8. The van der Waals surface area contributed by atoms with Crippen LogP contribution in [0.2, 0.25) is 0 Å². The number of esters is 2. The zero-order valence-corrected chi connectivity index (χ0v) is 18.6. The van der Waals surface area contributed by atoms with Gasteiger partial charge in [-0.3, -0.25) is 13.8 Å². The van der Waals surface area contributed by atoms with Gasteiger partial charge >= 0.3 is 17.9 Å². The summed E-state index contributed by atoms with van der Waals surface area (Å²) >= 11 is 0. The molecule has 0 bridgehead atoms. The molecule has 2 heterocycles. The average Bonchev–Trinajstić information content (AvgIpc) is 3.32. The van der Waals surface area contributed by atoms with Crippen LogP contribution in [-0.4, -0.2) is 59.7 Å². The van der Waals surface area contributed by atoms with Crippen molar-refractivity contribution in [2.24, 2.45) is 0 Å². The number of aryl methyl sites for hydroxylation is 1. The van der Waals surface area contributed by atoms with Gasteiger partial charge in [-0.15, -0.1) is 0 Å². The summed E-state index contributed by atoms with van der Waals surface area (Å²) in [6.45, 7) is 3.36. The molecule has 4 unspecified atom stereocenters. The second kappa shape index (κ2) is 9.64. The summed E-state index contributed by atoms with van der Waals surface area (Å²) in [7, 11) is -4.21. The maximum Gasteiger partial charge on any atom is 0.436 e. The molecule has 1 fully saturated rings. The van der Waals surface area contributed by atoms with Crippen LogP contribution < -0.4 is 0 Å². The van der Waals surface area contributed by atoms with Gasteiger partial charge in [0.1, 0.15) is 18.5 Å². The minimum absolute atomic E-state index is 0.103. The van der Waals surface area contributed by atoms with Crippen LogP contribution in [0, 0.1) is 17.0 Å². The first-order valence-electron chi connectivity index (χ1n) is 9.63. The van der Waals surface area contributed by atoms with Gasteiger partial charge in [-0.05, 0) is 24.0 Å². The molecule has 1 aliphatic rings. The molecule has 0 spiro atoms. The van der Waals surface area contributed by atoms with Crippen LogP contribution >= 0.6 is 0 Å². The standard InChI is InChI=1S/C19H21N3O10S/c1-11-4-6-14(7-5-11)33(27,28)29-10-15-16(30-12(2)23)17(31-13(3)24)18(32-15)21-9-8-20-19(21)22(25)26/h4-9,15-18H,10H2,1-3H3. The van der Waals surface area contributed by atoms with E-state index < -0.39 is 64.1 Å². The number of benzene rings is 1. The number of ether oxygens (including phenoxy) is 3. The molecular formula is C19H21N3O10S. The highest BCUT2D eigenvalue weighted by molar-refractivity contribution is 7.86. The zero-order chi connectivity index (χ0) is 24.3. The van der Waals surface area contributed by atoms with Gasteiger partial charge in [0.15, 0.2) is 12.2 Å². The molecule has 3 rings (SSSR count). The second-order valence-corrected chi connectivity index (χ2v) is 8.77. The van der Waals surface area contributed by atoms with Gasteiger partial charge in [0.2, 0.25) is 6.23 Å². The average molecular weight is 483 g/mol. The van der Waals surface area contributed by atoms with Gasteiger partial charge in [-0.2, -0.15) is 13.0 Å². The van der Waals surface area contributed by atoms with Crippen LogP contribution in [0.5, 0.6) is 0 Å². The van der Waals surface area contributed by atoms with E-state index in [1.165, 1.54) is 18.3 Å². The predicted molar refractivity (Wildman–Crippen MR) is 108 cm³/mol. The Labute approximate surface area is 188 Å². The molecule has 1 aromatic carbocycles. The smallest absolute Gasteiger partial charge is 0.436 e. The Morgan fingerprint density at radius 3 is 2.33 bits per heavy atom. The van der Waals surface area contributed by atoms with E-state index >= 15 is 0 Å². The highest BCUT2D eigenvalue weighted by Crippen LogP contribution is 2.36. The van der Waals surface area contributed by atoms with Crippen molar-refractivity contribution in [3.05, 3.63) is 52.3 Å². The summed E-state index contributed by atoms with van der Waals surface area (Å²) in [5.74, 6) is -2.16. The van der Waals surface area contributed by atoms with Gasteiger partial charge in [0.05, 0.1) is 11.5 Å². The summed E-state index contributed by atoms with van der Waals surface area (Å²) in [5, 5.41) is 11.3. The van der Waals surface area contributed by atoms with Crippen molar-refractivity contribution in [3.63, 3.8) is 0 Å². The van der Waals surface area contributed by atoms with E-state index in [2.05, 4.69) is 4.98 Å². The number of hydrogen-bond acceptors (Lipinski definition) is 11. The molecule has 0 aliphatic carbocycles. The third-order valence-corrected chi connectivity index (χ3v) is 5.97. The van der Waals surface area contributed by atoms with E-state index in [-0.39, 0.29) is 4.90 Å². The summed E-state index contributed by atoms with van der Waals surface area (Å²) in [6.07, 6.45) is -2.88. The Hall–Kier alpha value is -3.36. The summed E-state index contributed by atoms with van der Waals surface area (Å²) < 4.78 is 47.4. The fourth-order valence-electron chi connectivity index (χ4n) is 3.29. The number of imidazole rings is 1. The van der Waals surface area contributed by atoms with E-state index in [1.54, 1.807) is 19.1 Å². The fraction of sp³-hybridized carbons (Fsp3) is 0.421. The van der Waals surface area contributed by atoms with Gasteiger partial charge in [0.25, 0.3) is 10.1 Å². The second-order valence-electron chi connectivity index (χ2n) is 7.16. The molecule has 0 N–H and O–H groups in total. The number of nitro groups is 1. The molecule has 0 radical (unpaired) electrons. The highest BCUT2D eigenvalue weighted by atomic mass is 32.2. The van der Waals surface area contributed by atoms with Crippen molar-refractivity contribution in [1.82, 2.24) is 9.55 Å². The van der Waals surface area contributed by atoms with Crippen LogP contribution in [0.3, 0.4) is 0 Å². The first-order valence-corrected chi connectivity index (χ1v) is 11.0. The number of carbonyl (C=O) groups is 2. The number of nitrogens with zero attached hydrogens (tertiary/aromatic N) is 3. The molecule has 1 aliphatic heterocycles. The van der Waals surface area contributed by atoms with Gasteiger partial charge < -0.3 is 24.3 Å². The lowest BCUT2D eigenvalue weighted by molar-refractivity contribution is -0.398. The first kappa shape index (κ1) is 24.3. The van der Waals surface area contributed by atoms with E-state index in [0.717, 1.165) is 30.2 Å². The predicted octanol–water partition coefficient (Wildman–Crippen LogP) is 1.27. The molecule has 2 aromatic rings. The van der Waals surface area contributed by atoms with E-state index in [9.17, 15) is 28.1 Å². The molecule has 0 saturated carbocycles. The van der Waals surface area contributed by atoms with Gasteiger partial charge in [0, 0.05) is 13.8 Å². The molecular weight excluding hydrogens is 462 g/mol. The maximum absolute atomic E-state index is 12.6. The normalized spacial score (nSPS) is 22.6. The highest BCUT2D eigenvalue weighted by Gasteiger charge is 2.53. The van der Waals surface area contributed by atoms with Crippen molar-refractivity contribution in [1.29, 1.82) is 0 Å². The van der Waals surface area contributed by atoms with E-state index in [4.69, 9.17) is 18.4 Å². The summed E-state index contributed by atoms with van der Waals surface area (Å²) in [4.78, 5) is 37.5. The zero-order valence-electron chi connectivity index (χ0n) is 17.8. The first-order chi connectivity index (χ1) is 15.5. The molecule has 13 nitrogen and oxygen atoms in total. The van der Waals surface area contributed by atoms with Crippen LogP contribution in [0.25, 0.3) is 0 Å². The summed E-state index contributed by atoms with van der Waals surface area (Å²) in [5.41, 5.74) is 0.844. The molecule has 14 heteroatoms. The molecule has 4 atom stereocenters. The van der Waals surface area contributed by atoms with Crippen LogP contribution in [0.1, 0.15) is 25.6 Å². The van der Waals surface area contributed by atoms with E-state index in [0.29, 0.717) is 0 Å². The topological polar surface area (TPSA) is 166 Å². The van der Waals surface area contributed by atoms with Crippen LogP contribution in [-0.2, 0) is 38.1 Å². The third kappa shape index (κ3) is 5.53. The largest absolute Gasteiger partial charge is 0.455 e. The fourth-order valence-corrected chi connectivity index (χ4v) is 4.21. The Bertz CT molecular complexity index is 1140. The van der Waals surface area contributed by atoms with Crippen LogP contribution in [0.15, 0.2) is 41.6 Å². The van der Waals surface area contributed by atoms with Crippen molar-refractivity contribution >= 4 is 28.0 Å². The Kier molecular flexibility index (Phi) is 7.09. The van der Waals surface area contributed by atoms with Crippen molar-refractivity contribution < 1.29 is 41.3 Å². The monoisotopic (exact) mass is 483 g/mol. The molecule has 1 saturated heterocycles. The lowest BCUT2D eigenvalue weighted by Crippen LogP contribution is -2.40. The van der Waals surface area contributed by atoms with Gasteiger partial charge in [-0.25, -0.2) is 0 Å². The lowest BCUT2D eigenvalue weighted by atomic mass is 10.1. The van der Waals surface area contributed by atoms with E-state index in [1.807, 2.05) is 0 Å². The SMILES string of the molecule is CC(=O)OC1C(COS(=O)(=O)c2ccc(C)cc2)OC(n2ccnc2[N+](=O)[O-])C1OC(C)=O. The quantitative estimate of drug-likeness (QED) is 0.229. The summed E-state index contributed by atoms with van der Waals surface area (Å²) in [6, 6.07) is 5.91. The Morgan fingerprint density at radius 2 is 1.76 bits per heavy atom. The number of aromatic nitrogens is 2. The maximum atomic E-state index is 12.6. The Balaban J connectivity index is 1.91. The minimum Gasteiger partial charge on any atom is -0.455 e. The molecule has 1 aromatic heterocycles. The van der Waals surface area contributed by atoms with Gasteiger partial charge in [-0.1, -0.05) is 22.7 Å². The molecule has 0 amide bonds. The Morgan fingerprint density at radius 1 is 1.15 bits per heavy atom. The lowest BCUT2D eigenvalue weighted by Gasteiger charge is -2.22. The van der Waals surface area contributed by atoms with Crippen LogP contribution in [0.4, 0.5) is 5.95 Å². The number of hydrogen-bond donors (Lipinski definition) is 0.